The highest BCUT2D eigenvalue weighted by molar-refractivity contribution is 6.38. The van der Waals surface area contributed by atoms with E-state index in [0.29, 0.717) is 45.4 Å². The van der Waals surface area contributed by atoms with Crippen LogP contribution in [-0.2, 0) is 14.3 Å². The number of carbonyl (C=O) groups is 3. The van der Waals surface area contributed by atoms with Crippen LogP contribution in [-0.4, -0.2) is 48.8 Å². The molecule has 0 saturated carbocycles. The van der Waals surface area contributed by atoms with Crippen molar-refractivity contribution in [2.24, 2.45) is 0 Å². The van der Waals surface area contributed by atoms with Gasteiger partial charge in [0.25, 0.3) is 5.91 Å². The highest BCUT2D eigenvalue weighted by Crippen LogP contribution is 2.29. The molecule has 0 spiro atoms. The number of rotatable bonds is 9. The molecule has 3 aromatic rings. The van der Waals surface area contributed by atoms with Crippen LogP contribution in [0.3, 0.4) is 0 Å². The molecule has 0 aliphatic carbocycles. The minimum absolute atomic E-state index is 0.0621. The third kappa shape index (κ3) is 6.88. The van der Waals surface area contributed by atoms with E-state index in [1.54, 1.807) is 24.3 Å². The lowest BCUT2D eigenvalue weighted by molar-refractivity contribution is -0.136. The first-order valence-electron chi connectivity index (χ1n) is 10.9. The molecule has 0 aliphatic rings. The summed E-state index contributed by atoms with van der Waals surface area (Å²) in [4.78, 5) is 38.2. The minimum atomic E-state index is -0.946. The molecule has 2 aromatic carbocycles. The molecule has 1 aromatic heterocycles. The summed E-state index contributed by atoms with van der Waals surface area (Å²) >= 11 is 12.1. The summed E-state index contributed by atoms with van der Waals surface area (Å²) in [6, 6.07) is 11.4. The number of halogens is 2. The second-order valence-corrected chi connectivity index (χ2v) is 8.72. The van der Waals surface area contributed by atoms with Crippen LogP contribution in [0, 0.1) is 0 Å². The van der Waals surface area contributed by atoms with E-state index in [2.05, 4.69) is 16.1 Å². The number of fused-ring (bicyclic) bond motifs is 1. The zero-order valence-corrected chi connectivity index (χ0v) is 21.0. The number of methoxy groups -OCH3 is 1. The standard InChI is InChI=1S/C24H26Cl2N4O5/c1-14(2)35-9-5-8-27-23(32)24(33)29-30-19(10-15-6-4-7-20(34-3)21(15)30)22(31)28-18-12-16(25)11-17(26)13-18/h4,6-7,10-14H,5,8-9H2,1-3H3,(H,27,32)(H,28,31)(H,29,33). The van der Waals surface area contributed by atoms with Crippen molar-refractivity contribution in [1.82, 2.24) is 9.99 Å². The summed E-state index contributed by atoms with van der Waals surface area (Å²) in [5, 5.41) is 6.55. The summed E-state index contributed by atoms with van der Waals surface area (Å²) < 4.78 is 12.1. The fourth-order valence-electron chi connectivity index (χ4n) is 3.32. The molecule has 0 bridgehead atoms. The van der Waals surface area contributed by atoms with E-state index in [4.69, 9.17) is 32.7 Å². The van der Waals surface area contributed by atoms with Crippen LogP contribution in [0.2, 0.25) is 10.0 Å². The van der Waals surface area contributed by atoms with Gasteiger partial charge in [0, 0.05) is 34.3 Å². The number of nitrogens with zero attached hydrogens (tertiary/aromatic N) is 1. The van der Waals surface area contributed by atoms with Gasteiger partial charge in [-0.1, -0.05) is 35.3 Å². The quantitative estimate of drug-likeness (QED) is 0.289. The van der Waals surface area contributed by atoms with Crippen molar-refractivity contribution in [1.29, 1.82) is 0 Å². The lowest BCUT2D eigenvalue weighted by Gasteiger charge is -2.14. The molecule has 0 radical (unpaired) electrons. The Morgan fingerprint density at radius 3 is 2.40 bits per heavy atom. The van der Waals surface area contributed by atoms with Crippen molar-refractivity contribution >= 4 is 57.5 Å². The smallest absolute Gasteiger partial charge is 0.328 e. The van der Waals surface area contributed by atoms with Crippen LogP contribution in [0.4, 0.5) is 5.69 Å². The second-order valence-electron chi connectivity index (χ2n) is 7.85. The molecule has 186 valence electrons. The van der Waals surface area contributed by atoms with Gasteiger partial charge < -0.3 is 20.1 Å². The topological polar surface area (TPSA) is 111 Å². The molecule has 35 heavy (non-hydrogen) atoms. The van der Waals surface area contributed by atoms with Gasteiger partial charge >= 0.3 is 11.8 Å². The Morgan fingerprint density at radius 2 is 1.74 bits per heavy atom. The van der Waals surface area contributed by atoms with Crippen LogP contribution >= 0.6 is 23.2 Å². The molecule has 3 rings (SSSR count). The van der Waals surface area contributed by atoms with Gasteiger partial charge in [-0.15, -0.1) is 0 Å². The summed E-state index contributed by atoms with van der Waals surface area (Å²) in [5.74, 6) is -1.95. The van der Waals surface area contributed by atoms with Gasteiger partial charge in [0.2, 0.25) is 0 Å². The summed E-state index contributed by atoms with van der Waals surface area (Å²) in [6.07, 6.45) is 0.631. The number of hydrogen-bond acceptors (Lipinski definition) is 5. The van der Waals surface area contributed by atoms with Gasteiger partial charge in [0.15, 0.2) is 0 Å². The van der Waals surface area contributed by atoms with Crippen LogP contribution in [0.15, 0.2) is 42.5 Å². The summed E-state index contributed by atoms with van der Waals surface area (Å²) in [7, 11) is 1.47. The average molecular weight is 521 g/mol. The number of anilines is 1. The molecule has 0 aliphatic heterocycles. The number of para-hydroxylation sites is 1. The van der Waals surface area contributed by atoms with Gasteiger partial charge in [-0.3, -0.25) is 19.8 Å². The Bertz CT molecular complexity index is 1220. The van der Waals surface area contributed by atoms with E-state index in [1.807, 2.05) is 13.8 Å². The van der Waals surface area contributed by atoms with Crippen molar-refractivity contribution in [2.75, 3.05) is 31.0 Å². The highest BCUT2D eigenvalue weighted by Gasteiger charge is 2.23. The first-order valence-corrected chi connectivity index (χ1v) is 11.6. The Morgan fingerprint density at radius 1 is 1.03 bits per heavy atom. The molecule has 11 heteroatoms. The number of amides is 3. The van der Waals surface area contributed by atoms with E-state index in [1.165, 1.54) is 30.0 Å². The zero-order valence-electron chi connectivity index (χ0n) is 19.5. The number of aromatic nitrogens is 1. The van der Waals surface area contributed by atoms with Gasteiger partial charge in [0.05, 0.1) is 13.2 Å². The van der Waals surface area contributed by atoms with Crippen molar-refractivity contribution in [2.45, 2.75) is 26.4 Å². The predicted octanol–water partition coefficient (Wildman–Crippen LogP) is 4.21. The molecule has 3 N–H and O–H groups in total. The Hall–Kier alpha value is -3.27. The molecule has 0 saturated heterocycles. The van der Waals surface area contributed by atoms with Crippen LogP contribution in [0.25, 0.3) is 10.9 Å². The van der Waals surface area contributed by atoms with Crippen molar-refractivity contribution < 1.29 is 23.9 Å². The van der Waals surface area contributed by atoms with Crippen LogP contribution in [0.5, 0.6) is 5.75 Å². The minimum Gasteiger partial charge on any atom is -0.494 e. The number of hydrogen-bond donors (Lipinski definition) is 3. The fraction of sp³-hybridized carbons (Fsp3) is 0.292. The molecular weight excluding hydrogens is 495 g/mol. The third-order valence-electron chi connectivity index (χ3n) is 4.84. The van der Waals surface area contributed by atoms with Gasteiger partial charge in [0.1, 0.15) is 17.0 Å². The number of benzene rings is 2. The van der Waals surface area contributed by atoms with Gasteiger partial charge in [-0.25, -0.2) is 4.68 Å². The summed E-state index contributed by atoms with van der Waals surface area (Å²) in [5.41, 5.74) is 3.34. The van der Waals surface area contributed by atoms with E-state index < -0.39 is 17.7 Å². The molecule has 0 fully saturated rings. The molecule has 3 amide bonds. The predicted molar refractivity (Wildman–Crippen MR) is 136 cm³/mol. The highest BCUT2D eigenvalue weighted by atomic mass is 35.5. The lowest BCUT2D eigenvalue weighted by Crippen LogP contribution is -2.40. The molecule has 9 nitrogen and oxygen atoms in total. The largest absolute Gasteiger partial charge is 0.494 e. The first-order chi connectivity index (χ1) is 16.7. The maximum absolute atomic E-state index is 13.2. The van der Waals surface area contributed by atoms with Crippen molar-refractivity contribution in [3.8, 4) is 5.75 Å². The van der Waals surface area contributed by atoms with Crippen molar-refractivity contribution in [3.05, 3.63) is 58.2 Å². The molecule has 0 unspecified atom stereocenters. The SMILES string of the molecule is COc1cccc2cc(C(=O)Nc3cc(Cl)cc(Cl)c3)n(NC(=O)C(=O)NCCCOC(C)C)c12. The third-order valence-corrected chi connectivity index (χ3v) is 5.27. The van der Waals surface area contributed by atoms with E-state index in [9.17, 15) is 14.4 Å². The Balaban J connectivity index is 1.84. The van der Waals surface area contributed by atoms with Crippen LogP contribution < -0.4 is 20.8 Å². The molecule has 0 atom stereocenters. The Kier molecular flexibility index (Phi) is 8.97. The van der Waals surface area contributed by atoms with E-state index in [0.717, 1.165) is 0 Å². The van der Waals surface area contributed by atoms with Gasteiger partial charge in [-0.05, 0) is 50.6 Å². The second kappa shape index (κ2) is 11.9. The lowest BCUT2D eigenvalue weighted by atomic mass is 10.2. The monoisotopic (exact) mass is 520 g/mol. The summed E-state index contributed by atoms with van der Waals surface area (Å²) in [6.45, 7) is 4.54. The van der Waals surface area contributed by atoms with Gasteiger partial charge in [-0.2, -0.15) is 0 Å². The number of nitrogens with one attached hydrogen (secondary N) is 3. The first kappa shape index (κ1) is 26.3. The van der Waals surface area contributed by atoms with E-state index >= 15 is 0 Å². The number of ether oxygens (including phenoxy) is 2. The van der Waals surface area contributed by atoms with E-state index in [-0.39, 0.29) is 18.3 Å². The van der Waals surface area contributed by atoms with Crippen LogP contribution in [0.1, 0.15) is 30.8 Å². The number of carbonyl (C=O) groups excluding carboxylic acids is 3. The maximum atomic E-state index is 13.2. The fourth-order valence-corrected chi connectivity index (χ4v) is 3.85. The van der Waals surface area contributed by atoms with Crippen molar-refractivity contribution in [3.63, 3.8) is 0 Å². The molecular formula is C24H26Cl2N4O5. The molecule has 1 heterocycles. The Labute approximate surface area is 212 Å². The zero-order chi connectivity index (χ0) is 25.5. The average Bonchev–Trinajstić information content (AvgIpc) is 3.16. The maximum Gasteiger partial charge on any atom is 0.328 e. The normalized spacial score (nSPS) is 10.9.